The van der Waals surface area contributed by atoms with Crippen molar-refractivity contribution in [2.75, 3.05) is 18.4 Å². The van der Waals surface area contributed by atoms with Crippen molar-refractivity contribution in [1.29, 1.82) is 0 Å². The Kier molecular flexibility index (Phi) is 10.0. The molecule has 270 valence electrons. The van der Waals surface area contributed by atoms with Crippen LogP contribution in [0.15, 0.2) is 53.0 Å². The number of aliphatic imine (C=N–C) groups is 1. The second kappa shape index (κ2) is 14.7. The van der Waals surface area contributed by atoms with E-state index in [1.54, 1.807) is 30.0 Å². The van der Waals surface area contributed by atoms with Gasteiger partial charge in [-0.3, -0.25) is 43.7 Å². The van der Waals surface area contributed by atoms with Gasteiger partial charge in [-0.15, -0.1) is 22.0 Å². The Bertz CT molecular complexity index is 2040. The van der Waals surface area contributed by atoms with Gasteiger partial charge in [-0.25, -0.2) is 0 Å². The van der Waals surface area contributed by atoms with Gasteiger partial charge in [-0.05, 0) is 62.8 Å². The number of imide groups is 2. The lowest BCUT2D eigenvalue weighted by molar-refractivity contribution is -0.136. The first-order chi connectivity index (χ1) is 25.0. The van der Waals surface area contributed by atoms with E-state index in [-0.39, 0.29) is 42.2 Å². The maximum atomic E-state index is 13.3. The third-order valence-electron chi connectivity index (χ3n) is 10.0. The minimum Gasteiger partial charge on any atom is -0.384 e. The minimum absolute atomic E-state index is 0.0643. The molecule has 2 aromatic carbocycles. The third kappa shape index (κ3) is 6.65. The largest absolute Gasteiger partial charge is 0.384 e. The molecule has 0 aliphatic carbocycles. The number of allylic oxidation sites excluding steroid dienone is 1. The number of amides is 5. The number of hydrogen-bond acceptors (Lipinski definition) is 10. The Morgan fingerprint density at radius 2 is 1.77 bits per heavy atom. The summed E-state index contributed by atoms with van der Waals surface area (Å²) in [4.78, 5) is 69.9. The van der Waals surface area contributed by atoms with Crippen molar-refractivity contribution in [2.45, 2.75) is 76.6 Å². The van der Waals surface area contributed by atoms with Crippen molar-refractivity contribution in [3.05, 3.63) is 81.4 Å². The number of thioether (sulfide) groups is 1. The molecule has 7 rings (SSSR count). The molecule has 4 aliphatic rings. The number of anilines is 1. The van der Waals surface area contributed by atoms with Crippen LogP contribution in [-0.4, -0.2) is 79.3 Å². The van der Waals surface area contributed by atoms with Crippen LogP contribution in [0.25, 0.3) is 5.03 Å². The predicted molar refractivity (Wildman–Crippen MR) is 198 cm³/mol. The highest BCUT2D eigenvalue weighted by Gasteiger charge is 2.45. The van der Waals surface area contributed by atoms with Crippen LogP contribution in [0.3, 0.4) is 0 Å². The van der Waals surface area contributed by atoms with Crippen molar-refractivity contribution < 1.29 is 24.0 Å². The highest BCUT2D eigenvalue weighted by atomic mass is 35.5. The zero-order chi connectivity index (χ0) is 36.7. The fourth-order valence-electron chi connectivity index (χ4n) is 7.15. The Morgan fingerprint density at radius 1 is 1.00 bits per heavy atom. The first kappa shape index (κ1) is 35.6. The number of nitrogens with zero attached hydrogens (tertiary/aromatic N) is 5. The summed E-state index contributed by atoms with van der Waals surface area (Å²) in [6, 6.07) is 11.1. The van der Waals surface area contributed by atoms with E-state index in [0.717, 1.165) is 51.9 Å². The van der Waals surface area contributed by atoms with Crippen LogP contribution in [0.5, 0.6) is 0 Å². The van der Waals surface area contributed by atoms with Crippen molar-refractivity contribution in [1.82, 2.24) is 30.3 Å². The number of fused-ring (bicyclic) bond motifs is 3. The summed E-state index contributed by atoms with van der Waals surface area (Å²) in [6.07, 6.45) is 2.58. The summed E-state index contributed by atoms with van der Waals surface area (Å²) >= 11 is 8.00. The van der Waals surface area contributed by atoms with E-state index in [1.807, 2.05) is 31.2 Å². The molecule has 1 fully saturated rings. The molecule has 3 aromatic rings. The quantitative estimate of drug-likeness (QED) is 0.183. The average molecular weight is 743 g/mol. The fraction of sp³-hybridized carbons (Fsp3) is 0.405. The maximum Gasteiger partial charge on any atom is 0.264 e. The van der Waals surface area contributed by atoms with Gasteiger partial charge in [-0.1, -0.05) is 43.6 Å². The summed E-state index contributed by atoms with van der Waals surface area (Å²) < 4.78 is 2.06. The lowest BCUT2D eigenvalue weighted by atomic mass is 9.91. The normalized spacial score (nSPS) is 22.5. The Hall–Kier alpha value is -4.82. The zero-order valence-corrected chi connectivity index (χ0v) is 30.6. The molecule has 3 unspecified atom stereocenters. The SMILES string of the molecule is Cc1nnc2n1C1=C(C(c3ccc(Cl)cc3)=N[C@H]2CC(=O)NCCCCCNc2cccc3c2C(=O)N(C2CCC(=O)NC2=O)C3=O)C(C)C(C)S1. The number of aromatic nitrogens is 3. The standard InChI is InChI=1S/C37H39ClN8O5S/c1-19-20(2)52-37-30(19)32(22-10-12-23(38)13-11-22)41-26(33-44-43-21(3)45(33)37)18-29(48)40-17-6-4-5-16-39-25-9-7-8-24-31(25)36(51)46(35(24)50)27-14-15-28(47)42-34(27)49/h7-13,19-20,26-27,39H,4-6,14-18H2,1-3H3,(H,40,48)(H,42,47,49)/t19?,20?,26-,27?/m0/s1. The molecule has 0 bridgehead atoms. The zero-order valence-electron chi connectivity index (χ0n) is 29.1. The molecule has 13 nitrogen and oxygen atoms in total. The second-order valence-electron chi connectivity index (χ2n) is 13.5. The van der Waals surface area contributed by atoms with Crippen LogP contribution < -0.4 is 16.0 Å². The van der Waals surface area contributed by atoms with Crippen LogP contribution in [0, 0.1) is 12.8 Å². The fourth-order valence-corrected chi connectivity index (χ4v) is 8.71. The number of aryl methyl sites for hydroxylation is 1. The molecule has 5 amide bonds. The van der Waals surface area contributed by atoms with Crippen LogP contribution >= 0.6 is 23.4 Å². The molecule has 3 N–H and O–H groups in total. The molecule has 52 heavy (non-hydrogen) atoms. The first-order valence-electron chi connectivity index (χ1n) is 17.6. The lowest BCUT2D eigenvalue weighted by Crippen LogP contribution is -2.54. The molecule has 4 atom stereocenters. The van der Waals surface area contributed by atoms with Gasteiger partial charge in [-0.2, -0.15) is 0 Å². The summed E-state index contributed by atoms with van der Waals surface area (Å²) in [7, 11) is 0. The van der Waals surface area contributed by atoms with E-state index in [4.69, 9.17) is 16.6 Å². The number of carbonyl (C=O) groups excluding carboxylic acids is 5. The summed E-state index contributed by atoms with van der Waals surface area (Å²) in [5, 5.41) is 19.4. The Morgan fingerprint density at radius 3 is 2.54 bits per heavy atom. The molecule has 15 heteroatoms. The van der Waals surface area contributed by atoms with Gasteiger partial charge >= 0.3 is 0 Å². The van der Waals surface area contributed by atoms with E-state index < -0.39 is 35.7 Å². The van der Waals surface area contributed by atoms with Crippen molar-refractivity contribution in [3.63, 3.8) is 0 Å². The topological polar surface area (TPSA) is 168 Å². The smallest absolute Gasteiger partial charge is 0.264 e. The Labute approximate surface area is 310 Å². The van der Waals surface area contributed by atoms with Crippen LogP contribution in [0.4, 0.5) is 5.69 Å². The van der Waals surface area contributed by atoms with Crippen molar-refractivity contribution >= 4 is 69.3 Å². The van der Waals surface area contributed by atoms with Crippen LogP contribution in [0.2, 0.25) is 5.02 Å². The van der Waals surface area contributed by atoms with Gasteiger partial charge in [0.05, 0.1) is 28.3 Å². The highest BCUT2D eigenvalue weighted by molar-refractivity contribution is 8.08. The van der Waals surface area contributed by atoms with E-state index >= 15 is 0 Å². The molecule has 5 heterocycles. The summed E-state index contributed by atoms with van der Waals surface area (Å²) in [5.41, 5.74) is 3.91. The number of nitrogens with one attached hydrogen (secondary N) is 3. The van der Waals surface area contributed by atoms with E-state index in [1.165, 1.54) is 0 Å². The lowest BCUT2D eigenvalue weighted by Gasteiger charge is -2.27. The van der Waals surface area contributed by atoms with E-state index in [0.29, 0.717) is 34.9 Å². The second-order valence-corrected chi connectivity index (χ2v) is 15.3. The maximum absolute atomic E-state index is 13.3. The number of unbranched alkanes of at least 4 members (excludes halogenated alkanes) is 2. The molecule has 1 saturated heterocycles. The third-order valence-corrected chi connectivity index (χ3v) is 11.7. The number of hydrogen-bond donors (Lipinski definition) is 3. The molecule has 1 aromatic heterocycles. The van der Waals surface area contributed by atoms with Gasteiger partial charge in [0.15, 0.2) is 5.82 Å². The minimum atomic E-state index is -1.01. The Balaban J connectivity index is 0.941. The van der Waals surface area contributed by atoms with Gasteiger partial charge in [0.2, 0.25) is 17.7 Å². The van der Waals surface area contributed by atoms with E-state index in [2.05, 4.69) is 44.6 Å². The average Bonchev–Trinajstić information content (AvgIpc) is 3.69. The number of rotatable bonds is 11. The van der Waals surface area contributed by atoms with Gasteiger partial charge in [0.25, 0.3) is 11.8 Å². The highest BCUT2D eigenvalue weighted by Crippen LogP contribution is 2.49. The predicted octanol–water partition coefficient (Wildman–Crippen LogP) is 4.91. The number of carbonyl (C=O) groups is 5. The van der Waals surface area contributed by atoms with Gasteiger partial charge in [0.1, 0.15) is 17.9 Å². The van der Waals surface area contributed by atoms with Crippen LogP contribution in [0.1, 0.15) is 96.3 Å². The molecule has 4 aliphatic heterocycles. The number of benzene rings is 2. The van der Waals surface area contributed by atoms with Crippen molar-refractivity contribution in [3.8, 4) is 0 Å². The van der Waals surface area contributed by atoms with Crippen molar-refractivity contribution in [2.24, 2.45) is 10.9 Å². The summed E-state index contributed by atoms with van der Waals surface area (Å²) in [6.45, 7) is 7.36. The molecule has 0 saturated carbocycles. The number of piperidine rings is 1. The first-order valence-corrected chi connectivity index (χ1v) is 18.8. The molecular formula is C37H39ClN8O5S. The molecule has 0 radical (unpaired) electrons. The summed E-state index contributed by atoms with van der Waals surface area (Å²) in [5.74, 6) is -0.638. The number of halogens is 1. The molecule has 0 spiro atoms. The monoisotopic (exact) mass is 742 g/mol. The molecular weight excluding hydrogens is 704 g/mol. The van der Waals surface area contributed by atoms with E-state index in [9.17, 15) is 24.0 Å². The van der Waals surface area contributed by atoms with Gasteiger partial charge in [0, 0.05) is 46.6 Å². The van der Waals surface area contributed by atoms with Crippen LogP contribution in [-0.2, 0) is 14.4 Å². The van der Waals surface area contributed by atoms with Gasteiger partial charge < -0.3 is 10.6 Å².